The van der Waals surface area contributed by atoms with Gasteiger partial charge in [0.15, 0.2) is 5.89 Å². The molecule has 1 amide bonds. The van der Waals surface area contributed by atoms with Gasteiger partial charge in [-0.25, -0.2) is 4.98 Å². The van der Waals surface area contributed by atoms with E-state index in [1.54, 1.807) is 13.8 Å². The lowest BCUT2D eigenvalue weighted by Crippen LogP contribution is -2.50. The lowest BCUT2D eigenvalue weighted by atomic mass is 9.95. The molecule has 2 rings (SSSR count). The molecule has 2 unspecified atom stereocenters. The summed E-state index contributed by atoms with van der Waals surface area (Å²) >= 11 is 0. The number of piperidine rings is 1. The first-order chi connectivity index (χ1) is 8.08. The molecule has 2 heterocycles. The van der Waals surface area contributed by atoms with E-state index in [1.807, 2.05) is 0 Å². The van der Waals surface area contributed by atoms with Gasteiger partial charge in [-0.15, -0.1) is 0 Å². The van der Waals surface area contributed by atoms with Gasteiger partial charge in [-0.1, -0.05) is 6.92 Å². The summed E-state index contributed by atoms with van der Waals surface area (Å²) in [6.07, 6.45) is 1.08. The van der Waals surface area contributed by atoms with E-state index < -0.39 is 0 Å². The van der Waals surface area contributed by atoms with E-state index in [-0.39, 0.29) is 11.9 Å². The van der Waals surface area contributed by atoms with Gasteiger partial charge in [-0.2, -0.15) is 0 Å². The van der Waals surface area contributed by atoms with Crippen molar-refractivity contribution >= 4 is 5.91 Å². The quantitative estimate of drug-likeness (QED) is 0.806. The highest BCUT2D eigenvalue weighted by Crippen LogP contribution is 2.14. The van der Waals surface area contributed by atoms with E-state index in [2.05, 4.69) is 22.5 Å². The van der Waals surface area contributed by atoms with Crippen LogP contribution in [0.5, 0.6) is 0 Å². The molecule has 2 atom stereocenters. The molecule has 1 aliphatic rings. The Balaban J connectivity index is 2.03. The highest BCUT2D eigenvalue weighted by molar-refractivity contribution is 5.92. The Morgan fingerprint density at radius 3 is 2.88 bits per heavy atom. The van der Waals surface area contributed by atoms with Crippen molar-refractivity contribution in [3.63, 3.8) is 0 Å². The summed E-state index contributed by atoms with van der Waals surface area (Å²) in [4.78, 5) is 16.1. The summed E-state index contributed by atoms with van der Waals surface area (Å²) in [5.41, 5.74) is 0.649. The van der Waals surface area contributed by atoms with Crippen LogP contribution in [0.4, 0.5) is 0 Å². The number of aryl methyl sites for hydroxylation is 2. The molecular weight excluding hydrogens is 218 g/mol. The molecule has 1 saturated heterocycles. The van der Waals surface area contributed by atoms with Crippen molar-refractivity contribution in [2.75, 3.05) is 13.1 Å². The van der Waals surface area contributed by atoms with Gasteiger partial charge in [0.25, 0.3) is 5.91 Å². The normalized spacial score (nSPS) is 24.6. The molecular formula is C12H19N3O2. The van der Waals surface area contributed by atoms with E-state index in [1.165, 1.54) is 0 Å². The van der Waals surface area contributed by atoms with Crippen LogP contribution >= 0.6 is 0 Å². The van der Waals surface area contributed by atoms with Crippen molar-refractivity contribution in [3.05, 3.63) is 17.3 Å². The second-order valence-corrected chi connectivity index (χ2v) is 4.70. The van der Waals surface area contributed by atoms with E-state index in [4.69, 9.17) is 4.42 Å². The first kappa shape index (κ1) is 12.1. The van der Waals surface area contributed by atoms with Gasteiger partial charge in [0.05, 0.1) is 5.69 Å². The number of oxazole rings is 1. The molecule has 0 radical (unpaired) electrons. The Bertz CT molecular complexity index is 414. The molecule has 0 bridgehead atoms. The largest absolute Gasteiger partial charge is 0.436 e. The number of hydrogen-bond donors (Lipinski definition) is 2. The number of rotatable bonds is 2. The molecule has 1 fully saturated rings. The van der Waals surface area contributed by atoms with Crippen molar-refractivity contribution < 1.29 is 9.21 Å². The van der Waals surface area contributed by atoms with Crippen LogP contribution in [0.15, 0.2) is 4.42 Å². The molecule has 0 aromatic carbocycles. The summed E-state index contributed by atoms with van der Waals surface area (Å²) in [7, 11) is 0. The average molecular weight is 237 g/mol. The van der Waals surface area contributed by atoms with Crippen molar-refractivity contribution in [1.82, 2.24) is 15.6 Å². The topological polar surface area (TPSA) is 67.2 Å². The van der Waals surface area contributed by atoms with Crippen LogP contribution in [0.2, 0.25) is 0 Å². The van der Waals surface area contributed by atoms with Crippen molar-refractivity contribution in [1.29, 1.82) is 0 Å². The molecule has 2 N–H and O–H groups in total. The summed E-state index contributed by atoms with van der Waals surface area (Å²) < 4.78 is 5.31. The number of nitrogens with zero attached hydrogens (tertiary/aromatic N) is 1. The highest BCUT2D eigenvalue weighted by Gasteiger charge is 2.25. The molecule has 1 aromatic heterocycles. The zero-order valence-corrected chi connectivity index (χ0v) is 10.5. The third-order valence-corrected chi connectivity index (χ3v) is 3.25. The number of hydrogen-bond acceptors (Lipinski definition) is 4. The van der Waals surface area contributed by atoms with Crippen LogP contribution in [0.1, 0.15) is 35.5 Å². The predicted octanol–water partition coefficient (Wildman–Crippen LogP) is 1.02. The molecule has 5 nitrogen and oxygen atoms in total. The smallest absolute Gasteiger partial charge is 0.289 e. The fourth-order valence-electron chi connectivity index (χ4n) is 2.16. The zero-order valence-electron chi connectivity index (χ0n) is 10.5. The Labute approximate surface area is 101 Å². The van der Waals surface area contributed by atoms with Crippen molar-refractivity contribution in [2.45, 2.75) is 33.2 Å². The van der Waals surface area contributed by atoms with Crippen molar-refractivity contribution in [2.24, 2.45) is 5.92 Å². The molecule has 94 valence electrons. The minimum absolute atomic E-state index is 0.163. The minimum atomic E-state index is -0.163. The van der Waals surface area contributed by atoms with Gasteiger partial charge in [0.2, 0.25) is 5.76 Å². The standard InChI is InChI=1S/C12H19N3O2/c1-7-4-5-13-6-10(7)15-12(16)11-8(2)14-9(3)17-11/h7,10,13H,4-6H2,1-3H3,(H,15,16). The van der Waals surface area contributed by atoms with Crippen LogP contribution in [0.25, 0.3) is 0 Å². The van der Waals surface area contributed by atoms with Crippen LogP contribution in [-0.4, -0.2) is 30.0 Å². The summed E-state index contributed by atoms with van der Waals surface area (Å²) in [5, 5.41) is 6.28. The Hall–Kier alpha value is -1.36. The molecule has 0 aliphatic carbocycles. The predicted molar refractivity (Wildman–Crippen MR) is 63.9 cm³/mol. The van der Waals surface area contributed by atoms with Gasteiger partial charge in [0.1, 0.15) is 0 Å². The lowest BCUT2D eigenvalue weighted by Gasteiger charge is -2.29. The van der Waals surface area contributed by atoms with E-state index >= 15 is 0 Å². The molecule has 1 aliphatic heterocycles. The maximum absolute atomic E-state index is 12.0. The fraction of sp³-hybridized carbons (Fsp3) is 0.667. The SMILES string of the molecule is Cc1nc(C)c(C(=O)NC2CNCCC2C)o1. The van der Waals surface area contributed by atoms with Crippen LogP contribution in [-0.2, 0) is 0 Å². The molecule has 5 heteroatoms. The van der Waals surface area contributed by atoms with E-state index in [9.17, 15) is 4.79 Å². The van der Waals surface area contributed by atoms with Crippen LogP contribution < -0.4 is 10.6 Å². The Kier molecular flexibility index (Phi) is 3.47. The van der Waals surface area contributed by atoms with Crippen molar-refractivity contribution in [3.8, 4) is 0 Å². The average Bonchev–Trinajstić information content (AvgIpc) is 2.61. The second-order valence-electron chi connectivity index (χ2n) is 4.70. The monoisotopic (exact) mass is 237 g/mol. The van der Waals surface area contributed by atoms with E-state index in [0.29, 0.717) is 23.3 Å². The van der Waals surface area contributed by atoms with Gasteiger partial charge < -0.3 is 15.1 Å². The van der Waals surface area contributed by atoms with Gasteiger partial charge in [-0.3, -0.25) is 4.79 Å². The third kappa shape index (κ3) is 2.66. The fourth-order valence-corrected chi connectivity index (χ4v) is 2.16. The lowest BCUT2D eigenvalue weighted by molar-refractivity contribution is 0.0885. The number of aromatic nitrogens is 1. The van der Waals surface area contributed by atoms with Gasteiger partial charge in [-0.05, 0) is 25.8 Å². The first-order valence-corrected chi connectivity index (χ1v) is 6.03. The summed E-state index contributed by atoms with van der Waals surface area (Å²) in [6.45, 7) is 7.53. The number of carbonyl (C=O) groups is 1. The highest BCUT2D eigenvalue weighted by atomic mass is 16.4. The van der Waals surface area contributed by atoms with E-state index in [0.717, 1.165) is 19.5 Å². The van der Waals surface area contributed by atoms with Crippen LogP contribution in [0, 0.1) is 19.8 Å². The maximum Gasteiger partial charge on any atom is 0.289 e. The third-order valence-electron chi connectivity index (χ3n) is 3.25. The molecule has 0 saturated carbocycles. The van der Waals surface area contributed by atoms with Gasteiger partial charge >= 0.3 is 0 Å². The second kappa shape index (κ2) is 4.87. The molecule has 1 aromatic rings. The first-order valence-electron chi connectivity index (χ1n) is 6.03. The van der Waals surface area contributed by atoms with Crippen LogP contribution in [0.3, 0.4) is 0 Å². The molecule has 17 heavy (non-hydrogen) atoms. The summed E-state index contributed by atoms with van der Waals surface area (Å²) in [6, 6.07) is 0.168. The number of carbonyl (C=O) groups excluding carboxylic acids is 1. The number of nitrogens with one attached hydrogen (secondary N) is 2. The number of amides is 1. The Morgan fingerprint density at radius 1 is 1.53 bits per heavy atom. The maximum atomic E-state index is 12.0. The zero-order chi connectivity index (χ0) is 12.4. The Morgan fingerprint density at radius 2 is 2.29 bits per heavy atom. The summed E-state index contributed by atoms with van der Waals surface area (Å²) in [5.74, 6) is 1.19. The molecule has 0 spiro atoms. The minimum Gasteiger partial charge on any atom is -0.436 e. The van der Waals surface area contributed by atoms with Gasteiger partial charge in [0, 0.05) is 19.5 Å².